The lowest BCUT2D eigenvalue weighted by atomic mass is 10.2. The van der Waals surface area contributed by atoms with E-state index < -0.39 is 0 Å². The maximum absolute atomic E-state index is 12.2. The van der Waals surface area contributed by atoms with Crippen LogP contribution < -0.4 is 0 Å². The summed E-state index contributed by atoms with van der Waals surface area (Å²) >= 11 is 2.29. The van der Waals surface area contributed by atoms with Crippen LogP contribution in [0.15, 0.2) is 54.6 Å². The van der Waals surface area contributed by atoms with Crippen molar-refractivity contribution in [1.82, 2.24) is 4.57 Å². The number of hydrogen-bond acceptors (Lipinski definition) is 2. The molecule has 112 valence electrons. The van der Waals surface area contributed by atoms with Gasteiger partial charge in [0.1, 0.15) is 5.69 Å². The van der Waals surface area contributed by atoms with Crippen LogP contribution in [-0.2, 0) is 11.3 Å². The fourth-order valence-electron chi connectivity index (χ4n) is 2.53. The lowest BCUT2D eigenvalue weighted by Gasteiger charge is -2.10. The van der Waals surface area contributed by atoms with Gasteiger partial charge in [0, 0.05) is 21.0 Å². The van der Waals surface area contributed by atoms with Gasteiger partial charge >= 0.3 is 5.97 Å². The molecule has 0 aliphatic rings. The minimum absolute atomic E-state index is 0.274. The average molecular weight is 405 g/mol. The molecule has 0 bridgehead atoms. The number of fused-ring (bicyclic) bond motifs is 1. The standard InChI is InChI=1S/C18H16INO2/c1-2-22-18(21)17-11-14-5-3-4-6-16(14)20(17)12-13-7-9-15(19)10-8-13/h3-11H,2,12H2,1H3. The quantitative estimate of drug-likeness (QED) is 0.474. The zero-order chi connectivity index (χ0) is 15.5. The first-order chi connectivity index (χ1) is 10.7. The Kier molecular flexibility index (Phi) is 4.47. The number of ether oxygens (including phenoxy) is 1. The van der Waals surface area contributed by atoms with Crippen molar-refractivity contribution in [3.63, 3.8) is 0 Å². The number of rotatable bonds is 4. The molecule has 0 N–H and O–H groups in total. The van der Waals surface area contributed by atoms with Crippen LogP contribution in [0.1, 0.15) is 23.0 Å². The molecule has 0 aliphatic carbocycles. The third-order valence-corrected chi connectivity index (χ3v) is 4.27. The van der Waals surface area contributed by atoms with Gasteiger partial charge in [0.15, 0.2) is 0 Å². The van der Waals surface area contributed by atoms with Gasteiger partial charge in [-0.25, -0.2) is 4.79 Å². The van der Waals surface area contributed by atoms with Gasteiger partial charge in [-0.15, -0.1) is 0 Å². The molecular formula is C18H16INO2. The summed E-state index contributed by atoms with van der Waals surface area (Å²) in [7, 11) is 0. The highest BCUT2D eigenvalue weighted by Gasteiger charge is 2.16. The maximum Gasteiger partial charge on any atom is 0.354 e. The van der Waals surface area contributed by atoms with Crippen LogP contribution in [-0.4, -0.2) is 17.1 Å². The largest absolute Gasteiger partial charge is 0.461 e. The van der Waals surface area contributed by atoms with Crippen molar-refractivity contribution in [2.45, 2.75) is 13.5 Å². The maximum atomic E-state index is 12.2. The van der Waals surface area contributed by atoms with Gasteiger partial charge in [0.2, 0.25) is 0 Å². The first-order valence-corrected chi connectivity index (χ1v) is 8.26. The Bertz CT molecular complexity index is 806. The fraction of sp³-hybridized carbons (Fsp3) is 0.167. The number of halogens is 1. The molecule has 1 aromatic heterocycles. The van der Waals surface area contributed by atoms with Gasteiger partial charge < -0.3 is 9.30 Å². The van der Waals surface area contributed by atoms with Crippen molar-refractivity contribution in [2.24, 2.45) is 0 Å². The van der Waals surface area contributed by atoms with E-state index in [1.54, 1.807) is 0 Å². The molecule has 0 saturated heterocycles. The zero-order valence-electron chi connectivity index (χ0n) is 12.3. The lowest BCUT2D eigenvalue weighted by molar-refractivity contribution is 0.0515. The van der Waals surface area contributed by atoms with Crippen LogP contribution in [0, 0.1) is 3.57 Å². The highest BCUT2D eigenvalue weighted by molar-refractivity contribution is 14.1. The molecule has 0 aliphatic heterocycles. The highest BCUT2D eigenvalue weighted by atomic mass is 127. The number of benzene rings is 2. The summed E-state index contributed by atoms with van der Waals surface area (Å²) in [5, 5.41) is 1.05. The number of carbonyl (C=O) groups excluding carboxylic acids is 1. The average Bonchev–Trinajstić information content (AvgIpc) is 2.89. The molecule has 3 rings (SSSR count). The number of carbonyl (C=O) groups is 1. The molecule has 0 atom stereocenters. The Labute approximate surface area is 143 Å². The second-order valence-corrected chi connectivity index (χ2v) is 6.27. The first kappa shape index (κ1) is 15.1. The number of aromatic nitrogens is 1. The predicted octanol–water partition coefficient (Wildman–Crippen LogP) is 4.47. The number of esters is 1. The summed E-state index contributed by atoms with van der Waals surface area (Å²) in [6.45, 7) is 2.85. The van der Waals surface area contributed by atoms with Crippen LogP contribution in [0.5, 0.6) is 0 Å². The van der Waals surface area contributed by atoms with E-state index in [9.17, 15) is 4.79 Å². The van der Waals surface area contributed by atoms with Crippen molar-refractivity contribution in [1.29, 1.82) is 0 Å². The number of nitrogens with zero attached hydrogens (tertiary/aromatic N) is 1. The van der Waals surface area contributed by atoms with Gasteiger partial charge in [-0.2, -0.15) is 0 Å². The summed E-state index contributed by atoms with van der Waals surface area (Å²) in [6, 6.07) is 18.2. The van der Waals surface area contributed by atoms with Crippen LogP contribution in [0.2, 0.25) is 0 Å². The Morgan fingerprint density at radius 1 is 1.14 bits per heavy atom. The van der Waals surface area contributed by atoms with Crippen LogP contribution in [0.4, 0.5) is 0 Å². The molecule has 0 spiro atoms. The van der Waals surface area contributed by atoms with Crippen LogP contribution in [0.3, 0.4) is 0 Å². The van der Waals surface area contributed by atoms with Crippen molar-refractivity contribution < 1.29 is 9.53 Å². The highest BCUT2D eigenvalue weighted by Crippen LogP contribution is 2.22. The van der Waals surface area contributed by atoms with E-state index in [2.05, 4.69) is 46.9 Å². The molecule has 2 aromatic carbocycles. The molecule has 0 amide bonds. The minimum atomic E-state index is -0.274. The molecule has 0 fully saturated rings. The van der Waals surface area contributed by atoms with Crippen molar-refractivity contribution in [3.05, 3.63) is 69.4 Å². The summed E-state index contributed by atoms with van der Waals surface area (Å²) in [5.41, 5.74) is 2.80. The topological polar surface area (TPSA) is 31.2 Å². The Hall–Kier alpha value is -1.82. The molecule has 3 nitrogen and oxygen atoms in total. The van der Waals surface area contributed by atoms with Gasteiger partial charge in [-0.05, 0) is 59.3 Å². The molecule has 0 radical (unpaired) electrons. The molecule has 3 aromatic rings. The normalized spacial score (nSPS) is 10.8. The van der Waals surface area contributed by atoms with Gasteiger partial charge in [-0.3, -0.25) is 0 Å². The third kappa shape index (κ3) is 3.02. The molecular weight excluding hydrogens is 389 g/mol. The van der Waals surface area contributed by atoms with Gasteiger partial charge in [0.05, 0.1) is 6.61 Å². The molecule has 1 heterocycles. The number of para-hydroxylation sites is 1. The number of hydrogen-bond donors (Lipinski definition) is 0. The molecule has 0 saturated carbocycles. The first-order valence-electron chi connectivity index (χ1n) is 7.19. The van der Waals surface area contributed by atoms with E-state index in [4.69, 9.17) is 4.74 Å². The van der Waals surface area contributed by atoms with Gasteiger partial charge in [-0.1, -0.05) is 30.3 Å². The SMILES string of the molecule is CCOC(=O)c1cc2ccccc2n1Cc1ccc(I)cc1. The van der Waals surface area contributed by atoms with Crippen molar-refractivity contribution >= 4 is 39.5 Å². The van der Waals surface area contributed by atoms with E-state index in [0.29, 0.717) is 18.8 Å². The summed E-state index contributed by atoms with van der Waals surface area (Å²) in [4.78, 5) is 12.2. The monoisotopic (exact) mass is 405 g/mol. The molecule has 0 unspecified atom stereocenters. The van der Waals surface area contributed by atoms with Crippen molar-refractivity contribution in [3.8, 4) is 0 Å². The lowest BCUT2D eigenvalue weighted by Crippen LogP contribution is -2.12. The van der Waals surface area contributed by atoms with Crippen molar-refractivity contribution in [2.75, 3.05) is 6.61 Å². The molecule has 22 heavy (non-hydrogen) atoms. The minimum Gasteiger partial charge on any atom is -0.461 e. The summed E-state index contributed by atoms with van der Waals surface area (Å²) < 4.78 is 8.42. The Morgan fingerprint density at radius 3 is 2.59 bits per heavy atom. The second-order valence-electron chi connectivity index (χ2n) is 5.02. The van der Waals surface area contributed by atoms with Crippen LogP contribution >= 0.6 is 22.6 Å². The van der Waals surface area contributed by atoms with E-state index in [0.717, 1.165) is 16.5 Å². The fourth-order valence-corrected chi connectivity index (χ4v) is 2.89. The van der Waals surface area contributed by atoms with E-state index in [1.807, 2.05) is 41.8 Å². The third-order valence-electron chi connectivity index (χ3n) is 3.55. The second kappa shape index (κ2) is 6.52. The van der Waals surface area contributed by atoms with E-state index in [-0.39, 0.29) is 5.97 Å². The summed E-state index contributed by atoms with van der Waals surface area (Å²) in [5.74, 6) is -0.274. The van der Waals surface area contributed by atoms with E-state index in [1.165, 1.54) is 3.57 Å². The Morgan fingerprint density at radius 2 is 1.86 bits per heavy atom. The Balaban J connectivity index is 2.07. The predicted molar refractivity (Wildman–Crippen MR) is 96.2 cm³/mol. The van der Waals surface area contributed by atoms with E-state index >= 15 is 0 Å². The zero-order valence-corrected chi connectivity index (χ0v) is 14.4. The smallest absolute Gasteiger partial charge is 0.354 e. The summed E-state index contributed by atoms with van der Waals surface area (Å²) in [6.07, 6.45) is 0. The van der Waals surface area contributed by atoms with Crippen LogP contribution in [0.25, 0.3) is 10.9 Å². The molecule has 4 heteroatoms. The van der Waals surface area contributed by atoms with Gasteiger partial charge in [0.25, 0.3) is 0 Å².